The van der Waals surface area contributed by atoms with Crippen LogP contribution in [0.2, 0.25) is 0 Å². The highest BCUT2D eigenvalue weighted by molar-refractivity contribution is 9.10. The van der Waals surface area contributed by atoms with Crippen molar-refractivity contribution in [3.05, 3.63) is 16.7 Å². The summed E-state index contributed by atoms with van der Waals surface area (Å²) in [4.78, 5) is 4.01. The van der Waals surface area contributed by atoms with Gasteiger partial charge in [0.2, 0.25) is 10.0 Å². The number of hydrogen-bond acceptors (Lipinski definition) is 5. The first-order valence-electron chi connectivity index (χ1n) is 5.48. The molecular formula is C10H17BrN4O2S. The van der Waals surface area contributed by atoms with Gasteiger partial charge in [-0.15, -0.1) is 0 Å². The van der Waals surface area contributed by atoms with Crippen molar-refractivity contribution in [2.24, 2.45) is 5.84 Å². The van der Waals surface area contributed by atoms with Gasteiger partial charge in [0.05, 0.1) is 0 Å². The predicted octanol–water partition coefficient (Wildman–Crippen LogP) is 1.55. The van der Waals surface area contributed by atoms with Gasteiger partial charge in [-0.2, -0.15) is 4.31 Å². The standard InChI is InChI=1S/C10H17BrN4O2S/c1-4-15(7(2)3)18(16,17)9-5-8(11)6-13-10(9)14-12/h5-7H,4,12H2,1-3H3,(H,13,14). The molecule has 0 aliphatic heterocycles. The summed E-state index contributed by atoms with van der Waals surface area (Å²) in [5.41, 5.74) is 2.31. The van der Waals surface area contributed by atoms with E-state index in [1.54, 1.807) is 6.92 Å². The van der Waals surface area contributed by atoms with Crippen LogP contribution in [0, 0.1) is 0 Å². The minimum absolute atomic E-state index is 0.0647. The second-order valence-corrected chi connectivity index (χ2v) is 6.72. The fourth-order valence-electron chi connectivity index (χ4n) is 1.66. The Kier molecular flexibility index (Phi) is 5.09. The van der Waals surface area contributed by atoms with E-state index in [0.29, 0.717) is 11.0 Å². The van der Waals surface area contributed by atoms with Crippen LogP contribution in [0.1, 0.15) is 20.8 Å². The number of aromatic nitrogens is 1. The van der Waals surface area contributed by atoms with E-state index >= 15 is 0 Å². The summed E-state index contributed by atoms with van der Waals surface area (Å²) in [6.45, 7) is 5.82. The summed E-state index contributed by atoms with van der Waals surface area (Å²) >= 11 is 3.21. The van der Waals surface area contributed by atoms with Crippen molar-refractivity contribution in [2.75, 3.05) is 12.0 Å². The number of nitrogens with two attached hydrogens (primary N) is 1. The first-order valence-corrected chi connectivity index (χ1v) is 7.71. The number of hydrazine groups is 1. The number of rotatable bonds is 5. The van der Waals surface area contributed by atoms with Crippen molar-refractivity contribution in [1.29, 1.82) is 0 Å². The average Bonchev–Trinajstić information content (AvgIpc) is 2.28. The number of sulfonamides is 1. The van der Waals surface area contributed by atoms with Gasteiger partial charge < -0.3 is 5.43 Å². The van der Waals surface area contributed by atoms with Crippen LogP contribution >= 0.6 is 15.9 Å². The number of nitrogen functional groups attached to an aromatic ring is 1. The number of halogens is 1. The van der Waals surface area contributed by atoms with E-state index in [9.17, 15) is 8.42 Å². The van der Waals surface area contributed by atoms with Crippen molar-refractivity contribution in [2.45, 2.75) is 31.7 Å². The van der Waals surface area contributed by atoms with Crippen molar-refractivity contribution in [1.82, 2.24) is 9.29 Å². The number of anilines is 1. The normalized spacial score (nSPS) is 12.2. The van der Waals surface area contributed by atoms with Crippen molar-refractivity contribution in [3.8, 4) is 0 Å². The van der Waals surface area contributed by atoms with Crippen LogP contribution in [0.3, 0.4) is 0 Å². The van der Waals surface area contributed by atoms with Crippen LogP contribution in [0.25, 0.3) is 0 Å². The molecule has 8 heteroatoms. The minimum atomic E-state index is -3.62. The quantitative estimate of drug-likeness (QED) is 0.629. The highest BCUT2D eigenvalue weighted by Gasteiger charge is 2.28. The van der Waals surface area contributed by atoms with E-state index in [1.807, 2.05) is 13.8 Å². The molecule has 0 fully saturated rings. The molecule has 0 amide bonds. The number of hydrogen-bond donors (Lipinski definition) is 2. The zero-order valence-electron chi connectivity index (χ0n) is 10.5. The van der Waals surface area contributed by atoms with Crippen LogP contribution < -0.4 is 11.3 Å². The summed E-state index contributed by atoms with van der Waals surface area (Å²) in [6.07, 6.45) is 1.49. The van der Waals surface area contributed by atoms with E-state index in [4.69, 9.17) is 5.84 Å². The highest BCUT2D eigenvalue weighted by Crippen LogP contribution is 2.26. The fourth-order valence-corrected chi connectivity index (χ4v) is 3.93. The van der Waals surface area contributed by atoms with Gasteiger partial charge in [-0.05, 0) is 35.8 Å². The number of nitrogens with zero attached hydrogens (tertiary/aromatic N) is 2. The Morgan fingerprint density at radius 2 is 2.17 bits per heavy atom. The van der Waals surface area contributed by atoms with Gasteiger partial charge in [-0.1, -0.05) is 6.92 Å². The van der Waals surface area contributed by atoms with Gasteiger partial charge in [-0.25, -0.2) is 19.2 Å². The van der Waals surface area contributed by atoms with Crippen LogP contribution in [-0.2, 0) is 10.0 Å². The van der Waals surface area contributed by atoms with Gasteiger partial charge >= 0.3 is 0 Å². The van der Waals surface area contributed by atoms with Crippen LogP contribution in [0.5, 0.6) is 0 Å². The van der Waals surface area contributed by atoms with E-state index in [-0.39, 0.29) is 16.8 Å². The average molecular weight is 337 g/mol. The highest BCUT2D eigenvalue weighted by atomic mass is 79.9. The zero-order chi connectivity index (χ0) is 13.9. The van der Waals surface area contributed by atoms with E-state index in [0.717, 1.165) is 0 Å². The fraction of sp³-hybridized carbons (Fsp3) is 0.500. The molecule has 0 saturated carbocycles. The van der Waals surface area contributed by atoms with E-state index in [2.05, 4.69) is 26.3 Å². The molecule has 18 heavy (non-hydrogen) atoms. The van der Waals surface area contributed by atoms with Gasteiger partial charge in [-0.3, -0.25) is 0 Å². The molecule has 0 atom stereocenters. The molecular weight excluding hydrogens is 320 g/mol. The molecule has 0 aliphatic rings. The molecule has 1 rings (SSSR count). The lowest BCUT2D eigenvalue weighted by atomic mass is 10.4. The zero-order valence-corrected chi connectivity index (χ0v) is 12.9. The third kappa shape index (κ3) is 3.00. The molecule has 1 aromatic rings. The van der Waals surface area contributed by atoms with Crippen LogP contribution in [0.15, 0.2) is 21.6 Å². The smallest absolute Gasteiger partial charge is 0.247 e. The summed E-state index contributed by atoms with van der Waals surface area (Å²) in [5.74, 6) is 5.44. The second-order valence-electron chi connectivity index (χ2n) is 3.95. The monoisotopic (exact) mass is 336 g/mol. The molecule has 102 valence electrons. The first-order chi connectivity index (χ1) is 8.34. The van der Waals surface area contributed by atoms with Crippen molar-refractivity contribution >= 4 is 31.8 Å². The largest absolute Gasteiger partial charge is 0.307 e. The topological polar surface area (TPSA) is 88.3 Å². The molecule has 1 aromatic heterocycles. The Morgan fingerprint density at radius 3 is 2.61 bits per heavy atom. The molecule has 0 unspecified atom stereocenters. The van der Waals surface area contributed by atoms with E-state index < -0.39 is 10.0 Å². The molecule has 0 spiro atoms. The molecule has 0 saturated heterocycles. The third-order valence-corrected chi connectivity index (χ3v) is 5.03. The molecule has 1 heterocycles. The maximum absolute atomic E-state index is 12.5. The van der Waals surface area contributed by atoms with Crippen molar-refractivity contribution < 1.29 is 8.42 Å². The lowest BCUT2D eigenvalue weighted by Crippen LogP contribution is -2.37. The molecule has 0 bridgehead atoms. The lowest BCUT2D eigenvalue weighted by Gasteiger charge is -2.25. The number of nitrogens with one attached hydrogen (secondary N) is 1. The molecule has 3 N–H and O–H groups in total. The molecule has 0 aromatic carbocycles. The maximum atomic E-state index is 12.5. The molecule has 6 nitrogen and oxygen atoms in total. The Morgan fingerprint density at radius 1 is 1.56 bits per heavy atom. The second kappa shape index (κ2) is 5.96. The Labute approximate surface area is 116 Å². The van der Waals surface area contributed by atoms with Crippen LogP contribution in [-0.4, -0.2) is 30.3 Å². The van der Waals surface area contributed by atoms with Gasteiger partial charge in [0, 0.05) is 23.3 Å². The maximum Gasteiger partial charge on any atom is 0.247 e. The third-order valence-electron chi connectivity index (χ3n) is 2.43. The first kappa shape index (κ1) is 15.4. The SMILES string of the molecule is CCN(C(C)C)S(=O)(=O)c1cc(Br)cnc1NN. The summed E-state index contributed by atoms with van der Waals surface area (Å²) in [6, 6.07) is 1.35. The lowest BCUT2D eigenvalue weighted by molar-refractivity contribution is 0.369. The summed E-state index contributed by atoms with van der Waals surface area (Å²) < 4.78 is 27.0. The Hall–Kier alpha value is -0.700. The summed E-state index contributed by atoms with van der Waals surface area (Å²) in [7, 11) is -3.62. The van der Waals surface area contributed by atoms with Crippen LogP contribution in [0.4, 0.5) is 5.82 Å². The predicted molar refractivity (Wildman–Crippen MR) is 74.4 cm³/mol. The molecule has 0 aliphatic carbocycles. The van der Waals surface area contributed by atoms with Gasteiger partial charge in [0.25, 0.3) is 0 Å². The van der Waals surface area contributed by atoms with Gasteiger partial charge in [0.1, 0.15) is 4.90 Å². The minimum Gasteiger partial charge on any atom is -0.307 e. The Bertz CT molecular complexity index is 519. The van der Waals surface area contributed by atoms with Gasteiger partial charge in [0.15, 0.2) is 5.82 Å². The Balaban J connectivity index is 3.39. The van der Waals surface area contributed by atoms with Crippen molar-refractivity contribution in [3.63, 3.8) is 0 Å². The molecule has 0 radical (unpaired) electrons. The van der Waals surface area contributed by atoms with E-state index in [1.165, 1.54) is 16.6 Å². The summed E-state index contributed by atoms with van der Waals surface area (Å²) in [5, 5.41) is 0. The number of pyridine rings is 1.